The molecule has 1 aromatic rings. The minimum Gasteiger partial charge on any atom is -0.490 e. The first-order valence-electron chi connectivity index (χ1n) is 6.63. The normalized spacial score (nSPS) is 13.2. The second-order valence-corrected chi connectivity index (χ2v) is 5.51. The molecule has 0 radical (unpaired) electrons. The second kappa shape index (κ2) is 8.60. The zero-order valence-electron chi connectivity index (χ0n) is 11.8. The zero-order valence-corrected chi connectivity index (χ0v) is 13.3. The summed E-state index contributed by atoms with van der Waals surface area (Å²) in [5.74, 6) is 0.569. The fraction of sp³-hybridized carbons (Fsp3) is 0.571. The number of hydrogen-bond acceptors (Lipinski definition) is 3. The van der Waals surface area contributed by atoms with Gasteiger partial charge in [0.25, 0.3) is 0 Å². The molecule has 0 saturated heterocycles. The van der Waals surface area contributed by atoms with Crippen molar-refractivity contribution in [3.63, 3.8) is 0 Å². The van der Waals surface area contributed by atoms with E-state index in [0.29, 0.717) is 5.75 Å². The monoisotopic (exact) mass is 369 g/mol. The third-order valence-corrected chi connectivity index (χ3v) is 3.39. The van der Waals surface area contributed by atoms with Crippen LogP contribution in [0, 0.1) is 0 Å². The molecule has 21 heavy (non-hydrogen) atoms. The lowest BCUT2D eigenvalue weighted by Gasteiger charge is -2.12. The summed E-state index contributed by atoms with van der Waals surface area (Å²) < 4.78 is 46.2. The lowest BCUT2D eigenvalue weighted by molar-refractivity contribution is -0.175. The molecular weight excluding hydrogens is 351 g/mol. The van der Waals surface area contributed by atoms with Crippen molar-refractivity contribution in [1.29, 1.82) is 0 Å². The summed E-state index contributed by atoms with van der Waals surface area (Å²) in [5.41, 5.74) is 6.97. The molecule has 7 heteroatoms. The van der Waals surface area contributed by atoms with Gasteiger partial charge in [-0.25, -0.2) is 0 Å². The average molecular weight is 370 g/mol. The fourth-order valence-corrected chi connectivity index (χ4v) is 2.17. The predicted molar refractivity (Wildman–Crippen MR) is 78.5 cm³/mol. The Labute approximate surface area is 130 Å². The van der Waals surface area contributed by atoms with E-state index in [4.69, 9.17) is 10.5 Å². The molecule has 0 spiro atoms. The fourth-order valence-electron chi connectivity index (χ4n) is 1.63. The van der Waals surface area contributed by atoms with Gasteiger partial charge in [0.1, 0.15) is 19.0 Å². The molecule has 0 aromatic heterocycles. The molecule has 1 rings (SSSR count). The van der Waals surface area contributed by atoms with Gasteiger partial charge in [0.15, 0.2) is 0 Å². The van der Waals surface area contributed by atoms with Gasteiger partial charge in [0.2, 0.25) is 0 Å². The third kappa shape index (κ3) is 7.68. The van der Waals surface area contributed by atoms with E-state index in [-0.39, 0.29) is 19.3 Å². The van der Waals surface area contributed by atoms with Gasteiger partial charge in [-0.05, 0) is 46.5 Å². The van der Waals surface area contributed by atoms with Crippen molar-refractivity contribution in [2.75, 3.05) is 19.8 Å². The maximum absolute atomic E-state index is 11.9. The zero-order chi connectivity index (χ0) is 15.9. The van der Waals surface area contributed by atoms with Crippen molar-refractivity contribution in [2.45, 2.75) is 32.0 Å². The van der Waals surface area contributed by atoms with E-state index in [9.17, 15) is 13.2 Å². The highest BCUT2D eigenvalue weighted by molar-refractivity contribution is 9.10. The Bertz CT molecular complexity index is 441. The Kier molecular flexibility index (Phi) is 7.48. The average Bonchev–Trinajstić information content (AvgIpc) is 2.39. The molecule has 1 atom stereocenters. The number of benzene rings is 1. The van der Waals surface area contributed by atoms with Gasteiger partial charge < -0.3 is 15.2 Å². The van der Waals surface area contributed by atoms with E-state index in [2.05, 4.69) is 20.7 Å². The molecule has 0 bridgehead atoms. The molecule has 0 fully saturated rings. The van der Waals surface area contributed by atoms with Crippen LogP contribution in [0.2, 0.25) is 0 Å². The molecule has 0 heterocycles. The minimum atomic E-state index is -4.31. The van der Waals surface area contributed by atoms with Crippen molar-refractivity contribution >= 4 is 15.9 Å². The van der Waals surface area contributed by atoms with Gasteiger partial charge in [0, 0.05) is 6.04 Å². The number of hydrogen-bond donors (Lipinski definition) is 1. The van der Waals surface area contributed by atoms with Crippen LogP contribution in [0.3, 0.4) is 0 Å². The second-order valence-electron chi connectivity index (χ2n) is 4.65. The SMILES string of the molecule is CCC(N)Cc1ccc(OCCOCC(F)(F)F)c(Br)c1. The summed E-state index contributed by atoms with van der Waals surface area (Å²) in [5, 5.41) is 0. The minimum absolute atomic E-state index is 0.0580. The summed E-state index contributed by atoms with van der Waals surface area (Å²) >= 11 is 3.37. The third-order valence-electron chi connectivity index (χ3n) is 2.77. The first-order valence-corrected chi connectivity index (χ1v) is 7.42. The molecule has 3 nitrogen and oxygen atoms in total. The predicted octanol–water partition coefficient (Wildman–Crippen LogP) is 3.69. The van der Waals surface area contributed by atoms with E-state index in [1.54, 1.807) is 6.07 Å². The number of ether oxygens (including phenoxy) is 2. The Morgan fingerprint density at radius 2 is 2.00 bits per heavy atom. The van der Waals surface area contributed by atoms with Crippen LogP contribution in [-0.2, 0) is 11.2 Å². The largest absolute Gasteiger partial charge is 0.490 e. The highest BCUT2D eigenvalue weighted by Gasteiger charge is 2.27. The molecule has 120 valence electrons. The summed E-state index contributed by atoms with van der Waals surface area (Å²) in [6.45, 7) is 0.709. The van der Waals surface area contributed by atoms with Crippen LogP contribution in [0.25, 0.3) is 0 Å². The maximum atomic E-state index is 11.9. The van der Waals surface area contributed by atoms with Gasteiger partial charge in [-0.2, -0.15) is 13.2 Å². The lowest BCUT2D eigenvalue weighted by Crippen LogP contribution is -2.21. The van der Waals surface area contributed by atoms with Crippen LogP contribution in [0.4, 0.5) is 13.2 Å². The van der Waals surface area contributed by atoms with E-state index >= 15 is 0 Å². The van der Waals surface area contributed by atoms with Gasteiger partial charge in [-0.15, -0.1) is 0 Å². The lowest BCUT2D eigenvalue weighted by atomic mass is 10.0. The molecule has 1 unspecified atom stereocenters. The van der Waals surface area contributed by atoms with Crippen LogP contribution in [-0.4, -0.2) is 32.0 Å². The van der Waals surface area contributed by atoms with Crippen LogP contribution in [0.5, 0.6) is 5.75 Å². The topological polar surface area (TPSA) is 44.5 Å². The Morgan fingerprint density at radius 1 is 1.29 bits per heavy atom. The van der Waals surface area contributed by atoms with Crippen molar-refractivity contribution in [3.8, 4) is 5.75 Å². The van der Waals surface area contributed by atoms with Crippen LogP contribution < -0.4 is 10.5 Å². The molecule has 1 aromatic carbocycles. The van der Waals surface area contributed by atoms with Crippen LogP contribution in [0.15, 0.2) is 22.7 Å². The molecule has 0 aliphatic carbocycles. The molecule has 0 aliphatic rings. The summed E-state index contributed by atoms with van der Waals surface area (Å²) in [6.07, 6.45) is -2.64. The van der Waals surface area contributed by atoms with Crippen molar-refractivity contribution < 1.29 is 22.6 Å². The Morgan fingerprint density at radius 3 is 2.57 bits per heavy atom. The Balaban J connectivity index is 2.39. The van der Waals surface area contributed by atoms with E-state index < -0.39 is 12.8 Å². The van der Waals surface area contributed by atoms with Crippen LogP contribution >= 0.6 is 15.9 Å². The van der Waals surface area contributed by atoms with Gasteiger partial charge in [-0.3, -0.25) is 0 Å². The molecule has 0 aliphatic heterocycles. The molecular formula is C14H19BrF3NO2. The number of alkyl halides is 3. The highest BCUT2D eigenvalue weighted by atomic mass is 79.9. The van der Waals surface area contributed by atoms with Gasteiger partial charge >= 0.3 is 6.18 Å². The van der Waals surface area contributed by atoms with Crippen LogP contribution in [0.1, 0.15) is 18.9 Å². The Hall–Kier alpha value is -0.790. The number of rotatable bonds is 8. The standard InChI is InChI=1S/C14H19BrF3NO2/c1-2-11(19)7-10-3-4-13(12(15)8-10)21-6-5-20-9-14(16,17)18/h3-4,8,11H,2,5-7,9,19H2,1H3. The molecule has 2 N–H and O–H groups in total. The van der Waals surface area contributed by atoms with E-state index in [1.807, 2.05) is 19.1 Å². The first kappa shape index (κ1) is 18.3. The van der Waals surface area contributed by atoms with Gasteiger partial charge in [-0.1, -0.05) is 13.0 Å². The quantitative estimate of drug-likeness (QED) is 0.710. The summed E-state index contributed by atoms with van der Waals surface area (Å²) in [6, 6.07) is 5.68. The van der Waals surface area contributed by atoms with Crippen molar-refractivity contribution in [1.82, 2.24) is 0 Å². The summed E-state index contributed by atoms with van der Waals surface area (Å²) in [4.78, 5) is 0. The highest BCUT2D eigenvalue weighted by Crippen LogP contribution is 2.26. The number of nitrogens with two attached hydrogens (primary N) is 1. The number of halogens is 4. The van der Waals surface area contributed by atoms with E-state index in [0.717, 1.165) is 22.9 Å². The van der Waals surface area contributed by atoms with Crippen molar-refractivity contribution in [3.05, 3.63) is 28.2 Å². The first-order chi connectivity index (χ1) is 9.81. The molecule has 0 saturated carbocycles. The summed E-state index contributed by atoms with van der Waals surface area (Å²) in [7, 11) is 0. The van der Waals surface area contributed by atoms with Crippen molar-refractivity contribution in [2.24, 2.45) is 5.73 Å². The smallest absolute Gasteiger partial charge is 0.411 e. The molecule has 0 amide bonds. The van der Waals surface area contributed by atoms with E-state index in [1.165, 1.54) is 0 Å². The maximum Gasteiger partial charge on any atom is 0.411 e. The van der Waals surface area contributed by atoms with Gasteiger partial charge in [0.05, 0.1) is 11.1 Å².